The van der Waals surface area contributed by atoms with Gasteiger partial charge in [0, 0.05) is 31.1 Å². The lowest BCUT2D eigenvalue weighted by Crippen LogP contribution is -2.12. The van der Waals surface area contributed by atoms with E-state index in [-0.39, 0.29) is 0 Å². The topological polar surface area (TPSA) is 29.9 Å². The van der Waals surface area contributed by atoms with E-state index in [4.69, 9.17) is 0 Å². The molecule has 0 atom stereocenters. The fourth-order valence-electron chi connectivity index (χ4n) is 0.957. The zero-order valence-corrected chi connectivity index (χ0v) is 6.75. The highest BCUT2D eigenvalue weighted by atomic mass is 15.3. The number of likely N-dealkylation sites (N-methyl/N-ethyl adjacent to an activating group) is 1. The highest BCUT2D eigenvalue weighted by Crippen LogP contribution is 1.98. The minimum absolute atomic E-state index is 0.972. The standard InChI is InChI=1S/C8H13N3/c1-3-11-8(4-6-9-2)5-7-10-11/h3,5,7,9H,1,4,6H2,2H3. The molecule has 11 heavy (non-hydrogen) atoms. The van der Waals surface area contributed by atoms with Crippen LogP contribution in [0.25, 0.3) is 6.20 Å². The van der Waals surface area contributed by atoms with E-state index in [2.05, 4.69) is 17.0 Å². The van der Waals surface area contributed by atoms with Crippen molar-refractivity contribution in [2.24, 2.45) is 0 Å². The second-order valence-corrected chi connectivity index (χ2v) is 2.30. The first-order valence-corrected chi connectivity index (χ1v) is 3.68. The lowest BCUT2D eigenvalue weighted by molar-refractivity contribution is 0.748. The van der Waals surface area contributed by atoms with E-state index in [1.165, 1.54) is 5.69 Å². The summed E-state index contributed by atoms with van der Waals surface area (Å²) in [5.41, 5.74) is 1.19. The van der Waals surface area contributed by atoms with E-state index in [0.717, 1.165) is 13.0 Å². The maximum absolute atomic E-state index is 4.06. The van der Waals surface area contributed by atoms with Crippen molar-refractivity contribution < 1.29 is 0 Å². The Morgan fingerprint density at radius 3 is 3.27 bits per heavy atom. The summed E-state index contributed by atoms with van der Waals surface area (Å²) in [7, 11) is 1.94. The molecule has 0 aromatic carbocycles. The normalized spacial score (nSPS) is 9.91. The molecule has 1 heterocycles. The largest absolute Gasteiger partial charge is 0.319 e. The predicted molar refractivity (Wildman–Crippen MR) is 46.2 cm³/mol. The molecule has 3 nitrogen and oxygen atoms in total. The summed E-state index contributed by atoms with van der Waals surface area (Å²) >= 11 is 0. The van der Waals surface area contributed by atoms with Crippen molar-refractivity contribution >= 4 is 6.20 Å². The van der Waals surface area contributed by atoms with Crippen molar-refractivity contribution in [3.63, 3.8) is 0 Å². The fraction of sp³-hybridized carbons (Fsp3) is 0.375. The Morgan fingerprint density at radius 1 is 1.82 bits per heavy atom. The van der Waals surface area contributed by atoms with Crippen LogP contribution >= 0.6 is 0 Å². The second-order valence-electron chi connectivity index (χ2n) is 2.30. The van der Waals surface area contributed by atoms with Crippen LogP contribution in [-0.2, 0) is 6.42 Å². The maximum atomic E-state index is 4.06. The first-order chi connectivity index (χ1) is 5.38. The Hall–Kier alpha value is -1.09. The molecule has 0 aliphatic rings. The molecule has 1 aromatic rings. The molecule has 0 fully saturated rings. The number of hydrogen-bond donors (Lipinski definition) is 1. The average Bonchev–Trinajstić information content (AvgIpc) is 2.47. The van der Waals surface area contributed by atoms with Crippen LogP contribution in [0.3, 0.4) is 0 Å². The van der Waals surface area contributed by atoms with Gasteiger partial charge in [0.1, 0.15) is 0 Å². The average molecular weight is 151 g/mol. The molecule has 0 saturated carbocycles. The van der Waals surface area contributed by atoms with Crippen molar-refractivity contribution in [2.45, 2.75) is 6.42 Å². The van der Waals surface area contributed by atoms with Gasteiger partial charge in [0.2, 0.25) is 0 Å². The van der Waals surface area contributed by atoms with Crippen LogP contribution in [0.15, 0.2) is 18.8 Å². The first kappa shape index (κ1) is 8.01. The predicted octanol–water partition coefficient (Wildman–Crippen LogP) is 0.745. The molecule has 1 N–H and O–H groups in total. The van der Waals surface area contributed by atoms with Crippen molar-refractivity contribution in [1.29, 1.82) is 0 Å². The van der Waals surface area contributed by atoms with Crippen molar-refractivity contribution in [1.82, 2.24) is 15.1 Å². The number of aromatic nitrogens is 2. The Bertz CT molecular complexity index is 227. The van der Waals surface area contributed by atoms with E-state index in [9.17, 15) is 0 Å². The smallest absolute Gasteiger partial charge is 0.0496 e. The lowest BCUT2D eigenvalue weighted by Gasteiger charge is -2.00. The molecule has 0 aliphatic heterocycles. The number of hydrogen-bond acceptors (Lipinski definition) is 2. The van der Waals surface area contributed by atoms with E-state index >= 15 is 0 Å². The van der Waals surface area contributed by atoms with Gasteiger partial charge >= 0.3 is 0 Å². The van der Waals surface area contributed by atoms with Crippen molar-refractivity contribution in [3.05, 3.63) is 24.5 Å². The molecule has 60 valence electrons. The van der Waals surface area contributed by atoms with Gasteiger partial charge in [0.15, 0.2) is 0 Å². The van der Waals surface area contributed by atoms with Crippen molar-refractivity contribution in [3.8, 4) is 0 Å². The molecule has 0 radical (unpaired) electrons. The summed E-state index contributed by atoms with van der Waals surface area (Å²) in [5.74, 6) is 0. The van der Waals surface area contributed by atoms with Crippen molar-refractivity contribution in [2.75, 3.05) is 13.6 Å². The molecular weight excluding hydrogens is 138 g/mol. The monoisotopic (exact) mass is 151 g/mol. The molecule has 0 unspecified atom stereocenters. The summed E-state index contributed by atoms with van der Waals surface area (Å²) in [4.78, 5) is 0. The molecule has 1 rings (SSSR count). The van der Waals surface area contributed by atoms with Crippen LogP contribution in [0.2, 0.25) is 0 Å². The Balaban J connectivity index is 2.61. The highest BCUT2D eigenvalue weighted by molar-refractivity contribution is 5.19. The third kappa shape index (κ3) is 1.91. The van der Waals surface area contributed by atoms with E-state index in [1.54, 1.807) is 17.1 Å². The number of nitrogens with zero attached hydrogens (tertiary/aromatic N) is 2. The summed E-state index contributed by atoms with van der Waals surface area (Å²) in [6, 6.07) is 2.00. The summed E-state index contributed by atoms with van der Waals surface area (Å²) in [6.07, 6.45) is 4.49. The van der Waals surface area contributed by atoms with Gasteiger partial charge in [-0.2, -0.15) is 5.10 Å². The van der Waals surface area contributed by atoms with Crippen LogP contribution in [0.5, 0.6) is 0 Å². The van der Waals surface area contributed by atoms with Gasteiger partial charge in [0.05, 0.1) is 0 Å². The highest BCUT2D eigenvalue weighted by Gasteiger charge is 1.96. The van der Waals surface area contributed by atoms with Gasteiger partial charge in [0.25, 0.3) is 0 Å². The molecule has 1 aromatic heterocycles. The maximum Gasteiger partial charge on any atom is 0.0496 e. The van der Waals surface area contributed by atoms with Crippen LogP contribution < -0.4 is 5.32 Å². The van der Waals surface area contributed by atoms with Crippen LogP contribution in [-0.4, -0.2) is 23.4 Å². The number of nitrogens with one attached hydrogen (secondary N) is 1. The third-order valence-corrected chi connectivity index (χ3v) is 1.56. The Kier molecular flexibility index (Phi) is 2.86. The minimum atomic E-state index is 0.972. The quantitative estimate of drug-likeness (QED) is 0.688. The summed E-state index contributed by atoms with van der Waals surface area (Å²) < 4.78 is 1.79. The van der Waals surface area contributed by atoms with Gasteiger partial charge in [-0.3, -0.25) is 0 Å². The SMILES string of the molecule is C=Cn1nccc1CCNC. The fourth-order valence-corrected chi connectivity index (χ4v) is 0.957. The lowest BCUT2D eigenvalue weighted by atomic mass is 10.3. The van der Waals surface area contributed by atoms with Gasteiger partial charge in [-0.1, -0.05) is 6.58 Å². The Morgan fingerprint density at radius 2 is 2.64 bits per heavy atom. The van der Waals surface area contributed by atoms with E-state index in [0.29, 0.717) is 0 Å². The molecule has 0 spiro atoms. The van der Waals surface area contributed by atoms with Gasteiger partial charge in [-0.25, -0.2) is 4.68 Å². The number of rotatable bonds is 4. The van der Waals surface area contributed by atoms with Gasteiger partial charge < -0.3 is 5.32 Å². The van der Waals surface area contributed by atoms with Crippen LogP contribution in [0.4, 0.5) is 0 Å². The summed E-state index contributed by atoms with van der Waals surface area (Å²) in [6.45, 7) is 4.62. The van der Waals surface area contributed by atoms with Crippen LogP contribution in [0.1, 0.15) is 5.69 Å². The molecule has 0 saturated heterocycles. The molecule has 0 amide bonds. The first-order valence-electron chi connectivity index (χ1n) is 3.68. The molecule has 0 aliphatic carbocycles. The zero-order valence-electron chi connectivity index (χ0n) is 6.75. The van der Waals surface area contributed by atoms with E-state index in [1.807, 2.05) is 13.1 Å². The third-order valence-electron chi connectivity index (χ3n) is 1.56. The van der Waals surface area contributed by atoms with Crippen LogP contribution in [0, 0.1) is 0 Å². The van der Waals surface area contributed by atoms with Gasteiger partial charge in [-0.15, -0.1) is 0 Å². The second kappa shape index (κ2) is 3.93. The van der Waals surface area contributed by atoms with Gasteiger partial charge in [-0.05, 0) is 13.1 Å². The summed E-state index contributed by atoms with van der Waals surface area (Å²) in [5, 5.41) is 7.14. The molecule has 3 heteroatoms. The van der Waals surface area contributed by atoms with E-state index < -0.39 is 0 Å². The molecule has 0 bridgehead atoms. The molecular formula is C8H13N3. The Labute approximate surface area is 66.7 Å². The minimum Gasteiger partial charge on any atom is -0.319 e. The zero-order chi connectivity index (χ0) is 8.10.